The molecule has 1 N–H and O–H groups in total. The highest BCUT2D eigenvalue weighted by molar-refractivity contribution is 5.25. The molecule has 0 spiro atoms. The van der Waals surface area contributed by atoms with E-state index in [-0.39, 0.29) is 6.10 Å². The van der Waals surface area contributed by atoms with Crippen LogP contribution in [0.2, 0.25) is 0 Å². The second-order valence-electron chi connectivity index (χ2n) is 6.34. The number of hydrogen-bond donors (Lipinski definition) is 1. The Morgan fingerprint density at radius 3 is 2.35 bits per heavy atom. The van der Waals surface area contributed by atoms with Crippen molar-refractivity contribution in [2.75, 3.05) is 13.6 Å². The summed E-state index contributed by atoms with van der Waals surface area (Å²) in [6.07, 6.45) is 6.68. The van der Waals surface area contributed by atoms with E-state index < -0.39 is 0 Å². The van der Waals surface area contributed by atoms with Crippen LogP contribution in [0, 0.1) is 0 Å². The van der Waals surface area contributed by atoms with Crippen molar-refractivity contribution in [3.8, 4) is 0 Å². The molecule has 1 aromatic carbocycles. The number of rotatable bonds is 6. The second kappa shape index (κ2) is 7.80. The summed E-state index contributed by atoms with van der Waals surface area (Å²) in [5.41, 5.74) is 2.86. The Bertz CT molecular complexity index is 379. The van der Waals surface area contributed by atoms with Crippen molar-refractivity contribution in [1.82, 2.24) is 4.90 Å². The van der Waals surface area contributed by atoms with Gasteiger partial charge in [-0.15, -0.1) is 0 Å². The van der Waals surface area contributed by atoms with Gasteiger partial charge in [0, 0.05) is 6.54 Å². The van der Waals surface area contributed by atoms with Gasteiger partial charge in [0.1, 0.15) is 0 Å². The number of nitrogens with zero attached hydrogens (tertiary/aromatic N) is 1. The lowest BCUT2D eigenvalue weighted by Gasteiger charge is -2.26. The van der Waals surface area contributed by atoms with Crippen molar-refractivity contribution in [3.05, 3.63) is 35.4 Å². The average Bonchev–Trinajstić information content (AvgIpc) is 2.47. The molecule has 0 bridgehead atoms. The van der Waals surface area contributed by atoms with Gasteiger partial charge in [-0.05, 0) is 62.7 Å². The van der Waals surface area contributed by atoms with Crippen molar-refractivity contribution in [1.29, 1.82) is 0 Å². The number of hydrogen-bond acceptors (Lipinski definition) is 2. The van der Waals surface area contributed by atoms with Gasteiger partial charge >= 0.3 is 0 Å². The monoisotopic (exact) mass is 275 g/mol. The fourth-order valence-electron chi connectivity index (χ4n) is 3.12. The quantitative estimate of drug-likeness (QED) is 0.850. The van der Waals surface area contributed by atoms with E-state index in [4.69, 9.17) is 0 Å². The first-order chi connectivity index (χ1) is 9.69. The summed E-state index contributed by atoms with van der Waals surface area (Å²) in [7, 11) is 2.20. The van der Waals surface area contributed by atoms with Crippen molar-refractivity contribution >= 4 is 0 Å². The molecule has 112 valence electrons. The van der Waals surface area contributed by atoms with E-state index in [0.29, 0.717) is 5.92 Å². The number of benzene rings is 1. The van der Waals surface area contributed by atoms with E-state index in [1.165, 1.54) is 30.5 Å². The second-order valence-corrected chi connectivity index (χ2v) is 6.34. The zero-order valence-corrected chi connectivity index (χ0v) is 13.0. The molecule has 2 rings (SSSR count). The highest BCUT2D eigenvalue weighted by atomic mass is 16.3. The van der Waals surface area contributed by atoms with E-state index >= 15 is 0 Å². The lowest BCUT2D eigenvalue weighted by molar-refractivity contribution is 0.122. The fourth-order valence-corrected chi connectivity index (χ4v) is 3.12. The van der Waals surface area contributed by atoms with Gasteiger partial charge in [0.25, 0.3) is 0 Å². The molecular weight excluding hydrogens is 246 g/mol. The summed E-state index contributed by atoms with van der Waals surface area (Å²) in [6, 6.07) is 9.16. The van der Waals surface area contributed by atoms with Crippen molar-refractivity contribution in [2.24, 2.45) is 0 Å². The molecule has 1 aliphatic rings. The molecule has 0 unspecified atom stereocenters. The van der Waals surface area contributed by atoms with Crippen LogP contribution in [0.15, 0.2) is 24.3 Å². The Balaban J connectivity index is 1.86. The van der Waals surface area contributed by atoms with E-state index in [2.05, 4.69) is 43.1 Å². The molecule has 0 amide bonds. The first-order valence-electron chi connectivity index (χ1n) is 8.14. The lowest BCUT2D eigenvalue weighted by Crippen LogP contribution is -2.19. The van der Waals surface area contributed by atoms with E-state index in [1.54, 1.807) is 0 Å². The minimum Gasteiger partial charge on any atom is -0.393 e. The Morgan fingerprint density at radius 2 is 1.75 bits per heavy atom. The normalized spacial score (nSPS) is 23.2. The molecule has 0 saturated heterocycles. The molecule has 2 heteroatoms. The molecule has 0 heterocycles. The van der Waals surface area contributed by atoms with Gasteiger partial charge in [0.2, 0.25) is 0 Å². The summed E-state index contributed by atoms with van der Waals surface area (Å²) in [4.78, 5) is 2.40. The highest BCUT2D eigenvalue weighted by Crippen LogP contribution is 2.32. The first-order valence-corrected chi connectivity index (χ1v) is 8.14. The third kappa shape index (κ3) is 4.60. The molecule has 0 atom stereocenters. The van der Waals surface area contributed by atoms with Gasteiger partial charge in [-0.25, -0.2) is 0 Å². The Morgan fingerprint density at radius 1 is 1.10 bits per heavy atom. The minimum absolute atomic E-state index is 0.0576. The van der Waals surface area contributed by atoms with Crippen molar-refractivity contribution < 1.29 is 5.11 Å². The molecule has 0 radical (unpaired) electrons. The molecule has 20 heavy (non-hydrogen) atoms. The molecule has 1 aromatic rings. The fraction of sp³-hybridized carbons (Fsp3) is 0.667. The van der Waals surface area contributed by atoms with Gasteiger partial charge in [-0.2, -0.15) is 0 Å². The van der Waals surface area contributed by atoms with E-state index in [1.807, 2.05) is 0 Å². The third-order valence-electron chi connectivity index (χ3n) is 4.49. The number of aliphatic hydroxyl groups is 1. The first kappa shape index (κ1) is 15.5. The van der Waals surface area contributed by atoms with Gasteiger partial charge in [0.05, 0.1) is 6.10 Å². The zero-order chi connectivity index (χ0) is 14.4. The maximum Gasteiger partial charge on any atom is 0.0540 e. The summed E-state index contributed by atoms with van der Waals surface area (Å²) < 4.78 is 0. The molecule has 2 nitrogen and oxygen atoms in total. The van der Waals surface area contributed by atoms with Crippen LogP contribution in [0.5, 0.6) is 0 Å². The molecule has 1 saturated carbocycles. The van der Waals surface area contributed by atoms with Crippen LogP contribution in [-0.2, 0) is 6.54 Å². The summed E-state index contributed by atoms with van der Waals surface area (Å²) in [6.45, 7) is 4.46. The van der Waals surface area contributed by atoms with Crippen molar-refractivity contribution in [2.45, 2.75) is 64.0 Å². The SMILES string of the molecule is CCCCN(C)Cc1ccc([C@H]2CC[C@H](O)CC2)cc1. The topological polar surface area (TPSA) is 23.5 Å². The summed E-state index contributed by atoms with van der Waals surface area (Å²) >= 11 is 0. The van der Waals surface area contributed by atoms with Crippen LogP contribution in [0.3, 0.4) is 0 Å². The summed E-state index contributed by atoms with van der Waals surface area (Å²) in [5, 5.41) is 9.58. The van der Waals surface area contributed by atoms with E-state index in [0.717, 1.165) is 32.2 Å². The van der Waals surface area contributed by atoms with Gasteiger partial charge < -0.3 is 10.0 Å². The molecular formula is C18H29NO. The van der Waals surface area contributed by atoms with Crippen molar-refractivity contribution in [3.63, 3.8) is 0 Å². The van der Waals surface area contributed by atoms with Gasteiger partial charge in [0.15, 0.2) is 0 Å². The average molecular weight is 275 g/mol. The molecule has 0 aromatic heterocycles. The van der Waals surface area contributed by atoms with Gasteiger partial charge in [-0.3, -0.25) is 0 Å². The van der Waals surface area contributed by atoms with Crippen LogP contribution in [-0.4, -0.2) is 29.7 Å². The Kier molecular flexibility index (Phi) is 6.06. The highest BCUT2D eigenvalue weighted by Gasteiger charge is 2.20. The molecule has 1 fully saturated rings. The number of unbranched alkanes of at least 4 members (excludes halogenated alkanes) is 1. The van der Waals surface area contributed by atoms with Gasteiger partial charge in [-0.1, -0.05) is 37.6 Å². The smallest absolute Gasteiger partial charge is 0.0540 e. The molecule has 1 aliphatic carbocycles. The maximum atomic E-state index is 9.58. The maximum absolute atomic E-state index is 9.58. The lowest BCUT2D eigenvalue weighted by atomic mass is 9.82. The van der Waals surface area contributed by atoms with Crippen LogP contribution in [0.1, 0.15) is 62.5 Å². The summed E-state index contributed by atoms with van der Waals surface area (Å²) in [5.74, 6) is 0.658. The molecule has 0 aliphatic heterocycles. The van der Waals surface area contributed by atoms with Crippen LogP contribution in [0.25, 0.3) is 0 Å². The van der Waals surface area contributed by atoms with Crippen LogP contribution in [0.4, 0.5) is 0 Å². The third-order valence-corrected chi connectivity index (χ3v) is 4.49. The predicted octanol–water partition coefficient (Wildman–Crippen LogP) is 3.94. The largest absolute Gasteiger partial charge is 0.393 e. The zero-order valence-electron chi connectivity index (χ0n) is 13.0. The van der Waals surface area contributed by atoms with E-state index in [9.17, 15) is 5.11 Å². The Hall–Kier alpha value is -0.860. The Labute approximate surface area is 123 Å². The van der Waals surface area contributed by atoms with Crippen LogP contribution < -0.4 is 0 Å². The minimum atomic E-state index is -0.0576. The predicted molar refractivity (Wildman–Crippen MR) is 84.9 cm³/mol. The number of aliphatic hydroxyl groups excluding tert-OH is 1. The standard InChI is InChI=1S/C18H29NO/c1-3-4-13-19(2)14-15-5-7-16(8-6-15)17-9-11-18(20)12-10-17/h5-8,17-18,20H,3-4,9-14H2,1-2H3/t17-,18-. The van der Waals surface area contributed by atoms with Crippen LogP contribution >= 0.6 is 0 Å².